The Morgan fingerprint density at radius 1 is 1.08 bits per heavy atom. The van der Waals surface area contributed by atoms with Crippen LogP contribution in [0.1, 0.15) is 5.76 Å². The summed E-state index contributed by atoms with van der Waals surface area (Å²) in [4.78, 5) is 17.1. The molecular formula is C19H14N2O3. The monoisotopic (exact) mass is 318 g/mol. The highest BCUT2D eigenvalue weighted by atomic mass is 16.4. The van der Waals surface area contributed by atoms with Gasteiger partial charge in [-0.05, 0) is 19.1 Å². The van der Waals surface area contributed by atoms with E-state index in [9.17, 15) is 9.90 Å². The molecule has 0 fully saturated rings. The van der Waals surface area contributed by atoms with Crippen molar-refractivity contribution in [1.82, 2.24) is 9.38 Å². The third kappa shape index (κ3) is 2.18. The molecule has 0 aliphatic rings. The number of nitrogens with zero attached hydrogens (tertiary/aromatic N) is 2. The first-order valence-corrected chi connectivity index (χ1v) is 7.52. The molecule has 24 heavy (non-hydrogen) atoms. The molecule has 0 saturated heterocycles. The number of aryl methyl sites for hydroxylation is 1. The van der Waals surface area contributed by atoms with Gasteiger partial charge in [-0.25, -0.2) is 9.78 Å². The minimum Gasteiger partial charge on any atom is -0.507 e. The van der Waals surface area contributed by atoms with Crippen LogP contribution in [0, 0.1) is 6.92 Å². The fraction of sp³-hybridized carbons (Fsp3) is 0.0526. The van der Waals surface area contributed by atoms with Crippen molar-refractivity contribution in [3.63, 3.8) is 0 Å². The van der Waals surface area contributed by atoms with E-state index in [1.165, 1.54) is 6.07 Å². The molecule has 0 spiro atoms. The summed E-state index contributed by atoms with van der Waals surface area (Å²) in [5, 5.41) is 10.4. The van der Waals surface area contributed by atoms with Crippen molar-refractivity contribution in [3.05, 3.63) is 77.0 Å². The molecule has 4 aromatic rings. The van der Waals surface area contributed by atoms with E-state index in [4.69, 9.17) is 4.42 Å². The Bertz CT molecular complexity index is 1090. The largest absolute Gasteiger partial charge is 0.507 e. The molecular weight excluding hydrogens is 304 g/mol. The van der Waals surface area contributed by atoms with E-state index < -0.39 is 5.63 Å². The van der Waals surface area contributed by atoms with Gasteiger partial charge in [-0.2, -0.15) is 0 Å². The van der Waals surface area contributed by atoms with Crippen LogP contribution in [0.15, 0.2) is 70.0 Å². The minimum absolute atomic E-state index is 0.109. The maximum atomic E-state index is 12.4. The molecule has 0 unspecified atom stereocenters. The molecule has 0 atom stereocenters. The Hall–Kier alpha value is -3.34. The van der Waals surface area contributed by atoms with Gasteiger partial charge >= 0.3 is 5.63 Å². The van der Waals surface area contributed by atoms with Crippen molar-refractivity contribution >= 4 is 5.65 Å². The van der Waals surface area contributed by atoms with Gasteiger partial charge in [-0.3, -0.25) is 4.40 Å². The minimum atomic E-state index is -0.588. The average Bonchev–Trinajstić information content (AvgIpc) is 2.94. The van der Waals surface area contributed by atoms with Crippen LogP contribution in [0.2, 0.25) is 0 Å². The number of fused-ring (bicyclic) bond motifs is 1. The first kappa shape index (κ1) is 14.3. The molecule has 0 amide bonds. The van der Waals surface area contributed by atoms with Crippen LogP contribution in [-0.2, 0) is 0 Å². The van der Waals surface area contributed by atoms with Gasteiger partial charge in [0.1, 0.15) is 22.7 Å². The van der Waals surface area contributed by atoms with Crippen LogP contribution in [0.25, 0.3) is 28.2 Å². The molecule has 1 aromatic carbocycles. The Kier molecular flexibility index (Phi) is 3.20. The lowest BCUT2D eigenvalue weighted by Gasteiger charge is -2.07. The van der Waals surface area contributed by atoms with E-state index in [0.29, 0.717) is 22.8 Å². The molecule has 1 N–H and O–H groups in total. The van der Waals surface area contributed by atoms with E-state index in [2.05, 4.69) is 4.98 Å². The Balaban J connectivity index is 2.14. The Labute approximate surface area is 137 Å². The molecule has 0 aliphatic heterocycles. The first-order chi connectivity index (χ1) is 11.6. The summed E-state index contributed by atoms with van der Waals surface area (Å²) < 4.78 is 6.98. The lowest BCUT2D eigenvalue weighted by atomic mass is 10.1. The number of hydrogen-bond donors (Lipinski definition) is 1. The van der Waals surface area contributed by atoms with Gasteiger partial charge in [-0.1, -0.05) is 36.4 Å². The Morgan fingerprint density at radius 3 is 2.58 bits per heavy atom. The second-order valence-electron chi connectivity index (χ2n) is 5.51. The zero-order valence-corrected chi connectivity index (χ0v) is 12.9. The highest BCUT2D eigenvalue weighted by molar-refractivity contribution is 5.83. The number of benzene rings is 1. The average molecular weight is 318 g/mol. The van der Waals surface area contributed by atoms with Crippen molar-refractivity contribution in [2.24, 2.45) is 0 Å². The predicted octanol–water partition coefficient (Wildman–Crippen LogP) is 3.64. The van der Waals surface area contributed by atoms with Crippen LogP contribution in [0.5, 0.6) is 5.75 Å². The second-order valence-corrected chi connectivity index (χ2v) is 5.51. The maximum Gasteiger partial charge on any atom is 0.349 e. The van der Waals surface area contributed by atoms with Crippen LogP contribution in [-0.4, -0.2) is 14.5 Å². The summed E-state index contributed by atoms with van der Waals surface area (Å²) in [6, 6.07) is 16.6. The van der Waals surface area contributed by atoms with Crippen molar-refractivity contribution in [1.29, 1.82) is 0 Å². The Morgan fingerprint density at radius 2 is 1.83 bits per heavy atom. The lowest BCUT2D eigenvalue weighted by molar-refractivity contribution is 0.438. The summed E-state index contributed by atoms with van der Waals surface area (Å²) >= 11 is 0. The molecule has 3 aromatic heterocycles. The van der Waals surface area contributed by atoms with Crippen molar-refractivity contribution < 1.29 is 9.52 Å². The topological polar surface area (TPSA) is 67.7 Å². The van der Waals surface area contributed by atoms with Crippen molar-refractivity contribution in [2.45, 2.75) is 6.92 Å². The van der Waals surface area contributed by atoms with E-state index in [-0.39, 0.29) is 11.3 Å². The van der Waals surface area contributed by atoms with Gasteiger partial charge < -0.3 is 9.52 Å². The summed E-state index contributed by atoms with van der Waals surface area (Å²) in [5.74, 6) is 0.239. The molecule has 5 heteroatoms. The van der Waals surface area contributed by atoms with Gasteiger partial charge in [0.15, 0.2) is 0 Å². The molecule has 0 saturated carbocycles. The lowest BCUT2D eigenvalue weighted by Crippen LogP contribution is -2.06. The SMILES string of the molecule is Cc1cc(O)c(-c2c(-c3ccccc3)nc3ccccn23)c(=O)o1. The summed E-state index contributed by atoms with van der Waals surface area (Å²) in [5.41, 5.74) is 2.20. The van der Waals surface area contributed by atoms with E-state index in [1.54, 1.807) is 11.3 Å². The van der Waals surface area contributed by atoms with Gasteiger partial charge in [0.25, 0.3) is 0 Å². The van der Waals surface area contributed by atoms with Gasteiger partial charge in [0.2, 0.25) is 0 Å². The zero-order chi connectivity index (χ0) is 16.7. The van der Waals surface area contributed by atoms with Gasteiger partial charge in [-0.15, -0.1) is 0 Å². The van der Waals surface area contributed by atoms with Crippen LogP contribution >= 0.6 is 0 Å². The van der Waals surface area contributed by atoms with Crippen molar-refractivity contribution in [2.75, 3.05) is 0 Å². The fourth-order valence-electron chi connectivity index (χ4n) is 2.85. The molecule has 3 heterocycles. The van der Waals surface area contributed by atoms with Crippen LogP contribution in [0.4, 0.5) is 0 Å². The van der Waals surface area contributed by atoms with Gasteiger partial charge in [0, 0.05) is 17.8 Å². The molecule has 0 radical (unpaired) electrons. The molecule has 118 valence electrons. The van der Waals surface area contributed by atoms with Crippen molar-refractivity contribution in [3.8, 4) is 28.3 Å². The number of rotatable bonds is 2. The zero-order valence-electron chi connectivity index (χ0n) is 12.9. The maximum absolute atomic E-state index is 12.4. The predicted molar refractivity (Wildman–Crippen MR) is 91.0 cm³/mol. The standard InChI is InChI=1S/C19H14N2O3/c1-12-11-14(22)16(19(23)24-12)18-17(13-7-3-2-4-8-13)20-15-9-5-6-10-21(15)18/h2-11,22H,1H3. The first-order valence-electron chi connectivity index (χ1n) is 7.52. The third-order valence-corrected chi connectivity index (χ3v) is 3.87. The van der Waals surface area contributed by atoms with Crippen LogP contribution in [0.3, 0.4) is 0 Å². The number of aromatic nitrogens is 2. The number of aromatic hydroxyl groups is 1. The molecule has 4 rings (SSSR count). The van der Waals surface area contributed by atoms with Gasteiger partial charge in [0.05, 0.1) is 11.4 Å². The third-order valence-electron chi connectivity index (χ3n) is 3.87. The highest BCUT2D eigenvalue weighted by Crippen LogP contribution is 2.35. The number of hydrogen-bond acceptors (Lipinski definition) is 4. The summed E-state index contributed by atoms with van der Waals surface area (Å²) in [6.45, 7) is 1.62. The fourth-order valence-corrected chi connectivity index (χ4v) is 2.85. The number of pyridine rings is 1. The normalized spacial score (nSPS) is 11.0. The molecule has 5 nitrogen and oxygen atoms in total. The van der Waals surface area contributed by atoms with Crippen LogP contribution < -0.4 is 5.63 Å². The molecule has 0 bridgehead atoms. The van der Waals surface area contributed by atoms with E-state index in [1.807, 2.05) is 54.7 Å². The van der Waals surface area contributed by atoms with E-state index in [0.717, 1.165) is 5.56 Å². The number of imidazole rings is 1. The summed E-state index contributed by atoms with van der Waals surface area (Å²) in [6.07, 6.45) is 1.81. The second kappa shape index (κ2) is 5.38. The van der Waals surface area contributed by atoms with E-state index >= 15 is 0 Å². The smallest absolute Gasteiger partial charge is 0.349 e. The highest BCUT2D eigenvalue weighted by Gasteiger charge is 2.22. The quantitative estimate of drug-likeness (QED) is 0.613. The molecule has 0 aliphatic carbocycles. The summed E-state index contributed by atoms with van der Waals surface area (Å²) in [7, 11) is 0.